The van der Waals surface area contributed by atoms with Gasteiger partial charge in [-0.2, -0.15) is 13.2 Å². The molecule has 20 heavy (non-hydrogen) atoms. The van der Waals surface area contributed by atoms with Gasteiger partial charge in [-0.1, -0.05) is 17.7 Å². The largest absolute Gasteiger partial charge is 0.433 e. The molecule has 2 N–H and O–H groups in total. The second kappa shape index (κ2) is 4.58. The van der Waals surface area contributed by atoms with Crippen LogP contribution >= 0.6 is 11.6 Å². The summed E-state index contributed by atoms with van der Waals surface area (Å²) in [6, 6.07) is 2.51. The van der Waals surface area contributed by atoms with E-state index in [-0.39, 0.29) is 17.2 Å². The first kappa shape index (κ1) is 14.1. The lowest BCUT2D eigenvalue weighted by atomic mass is 9.82. The van der Waals surface area contributed by atoms with E-state index >= 15 is 0 Å². The summed E-state index contributed by atoms with van der Waals surface area (Å²) in [5, 5.41) is 13.9. The van der Waals surface area contributed by atoms with Crippen LogP contribution in [-0.4, -0.2) is 22.2 Å². The van der Waals surface area contributed by atoms with Gasteiger partial charge in [0.2, 0.25) is 0 Å². The SMILES string of the molecule is OC1(c2ccc(C(F)(F)F)nc2Cl)CC2CCC(C1)N2. The molecule has 3 rings (SSSR count). The van der Waals surface area contributed by atoms with Gasteiger partial charge < -0.3 is 10.4 Å². The van der Waals surface area contributed by atoms with Gasteiger partial charge in [-0.15, -0.1) is 0 Å². The van der Waals surface area contributed by atoms with Crippen LogP contribution < -0.4 is 5.32 Å². The van der Waals surface area contributed by atoms with Crippen LogP contribution in [0.25, 0.3) is 0 Å². The molecule has 7 heteroatoms. The van der Waals surface area contributed by atoms with Gasteiger partial charge >= 0.3 is 6.18 Å². The molecule has 0 radical (unpaired) electrons. The van der Waals surface area contributed by atoms with E-state index in [1.54, 1.807) is 0 Å². The zero-order valence-electron chi connectivity index (χ0n) is 10.5. The Morgan fingerprint density at radius 3 is 2.35 bits per heavy atom. The molecular weight excluding hydrogens is 293 g/mol. The molecule has 1 aromatic heterocycles. The van der Waals surface area contributed by atoms with Crippen molar-refractivity contribution in [2.24, 2.45) is 0 Å². The van der Waals surface area contributed by atoms with Crippen LogP contribution in [0, 0.1) is 0 Å². The van der Waals surface area contributed by atoms with E-state index in [9.17, 15) is 18.3 Å². The van der Waals surface area contributed by atoms with E-state index in [2.05, 4.69) is 10.3 Å². The van der Waals surface area contributed by atoms with Crippen molar-refractivity contribution >= 4 is 11.6 Å². The number of rotatable bonds is 1. The van der Waals surface area contributed by atoms with E-state index in [0.29, 0.717) is 18.4 Å². The molecule has 1 aromatic rings. The number of aromatic nitrogens is 1. The molecule has 2 atom stereocenters. The zero-order chi connectivity index (χ0) is 14.5. The average molecular weight is 307 g/mol. The summed E-state index contributed by atoms with van der Waals surface area (Å²) in [7, 11) is 0. The number of aliphatic hydroxyl groups is 1. The van der Waals surface area contributed by atoms with Crippen molar-refractivity contribution in [2.45, 2.75) is 49.5 Å². The molecule has 3 heterocycles. The normalized spacial score (nSPS) is 33.5. The van der Waals surface area contributed by atoms with E-state index in [1.807, 2.05) is 0 Å². The third-order valence-corrected chi connectivity index (χ3v) is 4.43. The van der Waals surface area contributed by atoms with Crippen LogP contribution in [0.4, 0.5) is 13.2 Å². The Kier molecular flexibility index (Phi) is 3.23. The van der Waals surface area contributed by atoms with Crippen molar-refractivity contribution in [3.8, 4) is 0 Å². The Balaban J connectivity index is 1.94. The van der Waals surface area contributed by atoms with Gasteiger partial charge in [0.05, 0.1) is 5.60 Å². The lowest BCUT2D eigenvalue weighted by Gasteiger charge is -2.37. The Morgan fingerprint density at radius 2 is 1.85 bits per heavy atom. The first-order valence-electron chi connectivity index (χ1n) is 6.50. The fraction of sp³-hybridized carbons (Fsp3) is 0.615. The molecule has 2 unspecified atom stereocenters. The number of pyridine rings is 1. The monoisotopic (exact) mass is 306 g/mol. The minimum atomic E-state index is -4.53. The molecule has 2 bridgehead atoms. The summed E-state index contributed by atoms with van der Waals surface area (Å²) < 4.78 is 37.7. The van der Waals surface area contributed by atoms with E-state index in [1.165, 1.54) is 6.07 Å². The molecule has 0 spiro atoms. The third kappa shape index (κ3) is 2.40. The summed E-state index contributed by atoms with van der Waals surface area (Å²) in [5.41, 5.74) is -1.93. The molecular formula is C13H14ClF3N2O. The molecule has 2 fully saturated rings. The third-order valence-electron chi connectivity index (χ3n) is 4.14. The zero-order valence-corrected chi connectivity index (χ0v) is 11.3. The summed E-state index contributed by atoms with van der Waals surface area (Å²) >= 11 is 5.88. The van der Waals surface area contributed by atoms with Crippen molar-refractivity contribution in [1.82, 2.24) is 10.3 Å². The van der Waals surface area contributed by atoms with Crippen LogP contribution in [0.1, 0.15) is 36.9 Å². The maximum atomic E-state index is 12.6. The maximum absolute atomic E-state index is 12.6. The van der Waals surface area contributed by atoms with E-state index in [4.69, 9.17) is 11.6 Å². The van der Waals surface area contributed by atoms with Crippen LogP contribution in [0.2, 0.25) is 5.15 Å². The topological polar surface area (TPSA) is 45.2 Å². The van der Waals surface area contributed by atoms with Gasteiger partial charge in [-0.3, -0.25) is 0 Å². The number of fused-ring (bicyclic) bond motifs is 2. The maximum Gasteiger partial charge on any atom is 0.433 e. The second-order valence-corrected chi connectivity index (χ2v) is 5.97. The standard InChI is InChI=1S/C13H14ClF3N2O/c14-11-9(3-4-10(19-11)13(15,16)17)12(20)5-7-1-2-8(6-12)18-7/h3-4,7-8,18,20H,1-2,5-6H2. The van der Waals surface area contributed by atoms with Gasteiger partial charge in [0.1, 0.15) is 10.8 Å². The average Bonchev–Trinajstić information content (AvgIpc) is 2.67. The van der Waals surface area contributed by atoms with Crippen molar-refractivity contribution in [3.63, 3.8) is 0 Å². The highest BCUT2D eigenvalue weighted by Crippen LogP contribution is 2.43. The van der Waals surface area contributed by atoms with Crippen molar-refractivity contribution in [1.29, 1.82) is 0 Å². The molecule has 0 aromatic carbocycles. The Hall–Kier alpha value is -0.850. The first-order chi connectivity index (χ1) is 9.28. The Labute approximate surface area is 119 Å². The molecule has 2 aliphatic heterocycles. The summed E-state index contributed by atoms with van der Waals surface area (Å²) in [6.07, 6.45) is -1.68. The summed E-state index contributed by atoms with van der Waals surface area (Å²) in [5.74, 6) is 0. The second-order valence-electron chi connectivity index (χ2n) is 5.61. The van der Waals surface area contributed by atoms with Gasteiger partial charge in [-0.25, -0.2) is 4.98 Å². The van der Waals surface area contributed by atoms with Crippen molar-refractivity contribution in [3.05, 3.63) is 28.5 Å². The van der Waals surface area contributed by atoms with Gasteiger partial charge in [0.15, 0.2) is 0 Å². The smallest absolute Gasteiger partial charge is 0.385 e. The quantitative estimate of drug-likeness (QED) is 0.784. The molecule has 110 valence electrons. The predicted octanol–water partition coefficient (Wildman–Crippen LogP) is 2.86. The highest BCUT2D eigenvalue weighted by molar-refractivity contribution is 6.30. The van der Waals surface area contributed by atoms with Crippen LogP contribution in [0.15, 0.2) is 12.1 Å². The lowest BCUT2D eigenvalue weighted by Crippen LogP contribution is -2.46. The number of nitrogens with zero attached hydrogens (tertiary/aromatic N) is 1. The van der Waals surface area contributed by atoms with Crippen molar-refractivity contribution < 1.29 is 18.3 Å². The minimum absolute atomic E-state index is 0.192. The fourth-order valence-electron chi connectivity index (χ4n) is 3.28. The number of piperidine rings is 1. The Bertz CT molecular complexity index is 523. The lowest BCUT2D eigenvalue weighted by molar-refractivity contribution is -0.141. The number of nitrogens with one attached hydrogen (secondary N) is 1. The van der Waals surface area contributed by atoms with Crippen LogP contribution in [0.5, 0.6) is 0 Å². The Morgan fingerprint density at radius 1 is 1.25 bits per heavy atom. The van der Waals surface area contributed by atoms with Gasteiger partial charge in [0, 0.05) is 17.6 Å². The molecule has 0 amide bonds. The number of hydrogen-bond acceptors (Lipinski definition) is 3. The van der Waals surface area contributed by atoms with Gasteiger partial charge in [-0.05, 0) is 31.7 Å². The molecule has 2 saturated heterocycles. The van der Waals surface area contributed by atoms with Crippen molar-refractivity contribution in [2.75, 3.05) is 0 Å². The summed E-state index contributed by atoms with van der Waals surface area (Å²) in [4.78, 5) is 3.40. The predicted molar refractivity (Wildman–Crippen MR) is 67.3 cm³/mol. The highest BCUT2D eigenvalue weighted by Gasteiger charge is 2.45. The molecule has 0 aliphatic carbocycles. The number of alkyl halides is 3. The number of hydrogen-bond donors (Lipinski definition) is 2. The van der Waals surface area contributed by atoms with E-state index < -0.39 is 17.5 Å². The molecule has 2 aliphatic rings. The summed E-state index contributed by atoms with van der Waals surface area (Å²) in [6.45, 7) is 0. The molecule has 0 saturated carbocycles. The highest BCUT2D eigenvalue weighted by atomic mass is 35.5. The van der Waals surface area contributed by atoms with Crippen LogP contribution in [-0.2, 0) is 11.8 Å². The minimum Gasteiger partial charge on any atom is -0.385 e. The first-order valence-corrected chi connectivity index (χ1v) is 6.88. The molecule has 3 nitrogen and oxygen atoms in total. The van der Waals surface area contributed by atoms with E-state index in [0.717, 1.165) is 18.9 Å². The van der Waals surface area contributed by atoms with Gasteiger partial charge in [0.25, 0.3) is 0 Å². The fourth-order valence-corrected chi connectivity index (χ4v) is 3.61. The van der Waals surface area contributed by atoms with Crippen LogP contribution in [0.3, 0.4) is 0 Å². The number of halogens is 4.